The number of nitrogens with one attached hydrogen (secondary N) is 1. The molecule has 0 fully saturated rings. The molecule has 1 aromatic carbocycles. The number of hydrogen-bond acceptors (Lipinski definition) is 5. The van der Waals surface area contributed by atoms with Gasteiger partial charge in [-0.2, -0.15) is 4.98 Å². The Morgan fingerprint density at radius 1 is 1.20 bits per heavy atom. The van der Waals surface area contributed by atoms with Crippen molar-refractivity contribution in [2.75, 3.05) is 5.32 Å². The standard InChI is InChI=1S/C18H15N5O2/c1-11-6-7-13(17-20-12(2)25-22-17)9-14(11)21-18(24)15-10-19-16-5-3-4-8-23(15)16/h3-10H,1-2H3,(H,21,24). The van der Waals surface area contributed by atoms with E-state index in [1.54, 1.807) is 17.5 Å². The van der Waals surface area contributed by atoms with Crippen LogP contribution in [0, 0.1) is 13.8 Å². The van der Waals surface area contributed by atoms with E-state index in [1.165, 1.54) is 0 Å². The number of carbonyl (C=O) groups is 1. The minimum absolute atomic E-state index is 0.233. The van der Waals surface area contributed by atoms with Crippen LogP contribution in [0.25, 0.3) is 17.0 Å². The molecule has 0 unspecified atom stereocenters. The van der Waals surface area contributed by atoms with Gasteiger partial charge in [0.05, 0.1) is 6.20 Å². The lowest BCUT2D eigenvalue weighted by molar-refractivity contribution is 0.102. The third-order valence-corrected chi connectivity index (χ3v) is 3.92. The maximum absolute atomic E-state index is 12.7. The van der Waals surface area contributed by atoms with Gasteiger partial charge in [0.15, 0.2) is 0 Å². The fourth-order valence-electron chi connectivity index (χ4n) is 2.60. The molecular formula is C18H15N5O2. The average Bonchev–Trinajstić information content (AvgIpc) is 3.23. The highest BCUT2D eigenvalue weighted by Gasteiger charge is 2.14. The number of aromatic nitrogens is 4. The molecule has 1 amide bonds. The van der Waals surface area contributed by atoms with Crippen LogP contribution < -0.4 is 5.32 Å². The van der Waals surface area contributed by atoms with Gasteiger partial charge in [0.25, 0.3) is 5.91 Å². The molecule has 3 aromatic heterocycles. The lowest BCUT2D eigenvalue weighted by Crippen LogP contribution is -2.15. The van der Waals surface area contributed by atoms with Gasteiger partial charge in [0.1, 0.15) is 11.3 Å². The van der Waals surface area contributed by atoms with Gasteiger partial charge in [-0.25, -0.2) is 4.98 Å². The van der Waals surface area contributed by atoms with Gasteiger partial charge in [-0.05, 0) is 30.7 Å². The largest absolute Gasteiger partial charge is 0.339 e. The number of fused-ring (bicyclic) bond motifs is 1. The second kappa shape index (κ2) is 5.86. The Balaban J connectivity index is 1.67. The summed E-state index contributed by atoms with van der Waals surface area (Å²) in [7, 11) is 0. The number of benzene rings is 1. The Kier molecular flexibility index (Phi) is 3.53. The lowest BCUT2D eigenvalue weighted by Gasteiger charge is -2.09. The van der Waals surface area contributed by atoms with E-state index in [1.807, 2.05) is 49.5 Å². The molecule has 0 atom stereocenters. The van der Waals surface area contributed by atoms with Gasteiger partial charge in [-0.1, -0.05) is 23.4 Å². The monoisotopic (exact) mass is 333 g/mol. The van der Waals surface area contributed by atoms with E-state index in [0.29, 0.717) is 23.1 Å². The number of carbonyl (C=O) groups excluding carboxylic acids is 1. The Hall–Kier alpha value is -3.48. The van der Waals surface area contributed by atoms with Crippen molar-refractivity contribution < 1.29 is 9.32 Å². The van der Waals surface area contributed by atoms with Crippen molar-refractivity contribution in [3.63, 3.8) is 0 Å². The quantitative estimate of drug-likeness (QED) is 0.622. The molecule has 4 aromatic rings. The van der Waals surface area contributed by atoms with E-state index in [2.05, 4.69) is 20.4 Å². The number of aryl methyl sites for hydroxylation is 2. The number of nitrogens with zero attached hydrogens (tertiary/aromatic N) is 4. The molecule has 0 aliphatic heterocycles. The summed E-state index contributed by atoms with van der Waals surface area (Å²) in [5, 5.41) is 6.85. The molecule has 0 saturated carbocycles. The smallest absolute Gasteiger partial charge is 0.274 e. The number of imidazole rings is 1. The van der Waals surface area contributed by atoms with Crippen molar-refractivity contribution in [2.45, 2.75) is 13.8 Å². The number of amides is 1. The van der Waals surface area contributed by atoms with E-state index in [4.69, 9.17) is 4.52 Å². The minimum Gasteiger partial charge on any atom is -0.339 e. The first kappa shape index (κ1) is 15.1. The lowest BCUT2D eigenvalue weighted by atomic mass is 10.1. The van der Waals surface area contributed by atoms with Gasteiger partial charge >= 0.3 is 0 Å². The maximum Gasteiger partial charge on any atom is 0.274 e. The van der Waals surface area contributed by atoms with E-state index in [-0.39, 0.29) is 5.91 Å². The first-order valence-corrected chi connectivity index (χ1v) is 7.76. The second-order valence-electron chi connectivity index (χ2n) is 5.69. The van der Waals surface area contributed by atoms with E-state index in [9.17, 15) is 4.79 Å². The summed E-state index contributed by atoms with van der Waals surface area (Å²) in [6.07, 6.45) is 3.37. The van der Waals surface area contributed by atoms with Gasteiger partial charge in [-0.3, -0.25) is 9.20 Å². The molecular weight excluding hydrogens is 318 g/mol. The van der Waals surface area contributed by atoms with Gasteiger partial charge in [0, 0.05) is 24.4 Å². The van der Waals surface area contributed by atoms with Crippen molar-refractivity contribution in [3.8, 4) is 11.4 Å². The van der Waals surface area contributed by atoms with Gasteiger partial charge < -0.3 is 9.84 Å². The molecule has 124 valence electrons. The summed E-state index contributed by atoms with van der Waals surface area (Å²) >= 11 is 0. The molecule has 0 radical (unpaired) electrons. The van der Waals surface area contributed by atoms with E-state index in [0.717, 1.165) is 16.8 Å². The van der Waals surface area contributed by atoms with Crippen molar-refractivity contribution in [2.24, 2.45) is 0 Å². The van der Waals surface area contributed by atoms with Crippen LogP contribution >= 0.6 is 0 Å². The molecule has 0 aliphatic rings. The second-order valence-corrected chi connectivity index (χ2v) is 5.69. The zero-order valence-electron chi connectivity index (χ0n) is 13.7. The summed E-state index contributed by atoms with van der Waals surface area (Å²) in [5.74, 6) is 0.748. The first-order valence-electron chi connectivity index (χ1n) is 7.76. The number of rotatable bonds is 3. The predicted molar refractivity (Wildman–Crippen MR) is 92.4 cm³/mol. The summed E-state index contributed by atoms with van der Waals surface area (Å²) in [4.78, 5) is 21.1. The highest BCUT2D eigenvalue weighted by atomic mass is 16.5. The van der Waals surface area contributed by atoms with Crippen LogP contribution in [0.1, 0.15) is 21.9 Å². The summed E-state index contributed by atoms with van der Waals surface area (Å²) < 4.78 is 6.76. The zero-order chi connectivity index (χ0) is 17.4. The van der Waals surface area contributed by atoms with Crippen LogP contribution in [0.2, 0.25) is 0 Å². The molecule has 4 rings (SSSR count). The Labute approximate surface area is 143 Å². The van der Waals surface area contributed by atoms with Crippen molar-refractivity contribution >= 4 is 17.2 Å². The Bertz CT molecular complexity index is 1080. The molecule has 3 heterocycles. The number of hydrogen-bond donors (Lipinski definition) is 1. The first-order chi connectivity index (χ1) is 12.1. The van der Waals surface area contributed by atoms with E-state index < -0.39 is 0 Å². The average molecular weight is 333 g/mol. The van der Waals surface area contributed by atoms with Crippen LogP contribution in [-0.2, 0) is 0 Å². The third-order valence-electron chi connectivity index (χ3n) is 3.92. The van der Waals surface area contributed by atoms with Crippen LogP contribution in [-0.4, -0.2) is 25.4 Å². The maximum atomic E-state index is 12.7. The summed E-state index contributed by atoms with van der Waals surface area (Å²) in [6.45, 7) is 3.66. The van der Waals surface area contributed by atoms with Crippen molar-refractivity contribution in [3.05, 3.63) is 65.9 Å². The predicted octanol–water partition coefficient (Wildman–Crippen LogP) is 3.25. The normalized spacial score (nSPS) is 11.0. The highest BCUT2D eigenvalue weighted by molar-refractivity contribution is 6.04. The third kappa shape index (κ3) is 2.76. The molecule has 0 bridgehead atoms. The molecule has 25 heavy (non-hydrogen) atoms. The van der Waals surface area contributed by atoms with Gasteiger partial charge in [0.2, 0.25) is 11.7 Å². The topological polar surface area (TPSA) is 85.3 Å². The van der Waals surface area contributed by atoms with Crippen LogP contribution in [0.4, 0.5) is 5.69 Å². The Morgan fingerprint density at radius 3 is 2.88 bits per heavy atom. The van der Waals surface area contributed by atoms with Crippen LogP contribution in [0.3, 0.4) is 0 Å². The molecule has 7 heteroatoms. The molecule has 0 spiro atoms. The fraction of sp³-hybridized carbons (Fsp3) is 0.111. The number of pyridine rings is 1. The van der Waals surface area contributed by atoms with Gasteiger partial charge in [-0.15, -0.1) is 0 Å². The summed E-state index contributed by atoms with van der Waals surface area (Å²) in [5.41, 5.74) is 3.59. The number of anilines is 1. The zero-order valence-corrected chi connectivity index (χ0v) is 13.7. The Morgan fingerprint density at radius 2 is 2.08 bits per heavy atom. The van der Waals surface area contributed by atoms with E-state index >= 15 is 0 Å². The van der Waals surface area contributed by atoms with Crippen LogP contribution in [0.15, 0.2) is 53.3 Å². The minimum atomic E-state index is -0.233. The highest BCUT2D eigenvalue weighted by Crippen LogP contribution is 2.24. The van der Waals surface area contributed by atoms with Crippen molar-refractivity contribution in [1.29, 1.82) is 0 Å². The van der Waals surface area contributed by atoms with Crippen molar-refractivity contribution in [1.82, 2.24) is 19.5 Å². The molecule has 7 nitrogen and oxygen atoms in total. The fourth-order valence-corrected chi connectivity index (χ4v) is 2.60. The summed E-state index contributed by atoms with van der Waals surface area (Å²) in [6, 6.07) is 11.2. The SMILES string of the molecule is Cc1nc(-c2ccc(C)c(NC(=O)c3cnc4ccccn34)c2)no1. The molecule has 1 N–H and O–H groups in total. The molecule has 0 aliphatic carbocycles. The molecule has 0 saturated heterocycles. The van der Waals surface area contributed by atoms with Crippen LogP contribution in [0.5, 0.6) is 0 Å².